The number of para-hydroxylation sites is 1. The summed E-state index contributed by atoms with van der Waals surface area (Å²) in [6, 6.07) is 7.37. The molecule has 0 spiro atoms. The van der Waals surface area contributed by atoms with Crippen LogP contribution in [0.25, 0.3) is 0 Å². The Morgan fingerprint density at radius 3 is 2.94 bits per heavy atom. The van der Waals surface area contributed by atoms with E-state index in [-0.39, 0.29) is 12.4 Å². The van der Waals surface area contributed by atoms with Crippen molar-refractivity contribution in [3.05, 3.63) is 41.5 Å². The van der Waals surface area contributed by atoms with Crippen LogP contribution in [0.15, 0.2) is 28.8 Å². The minimum atomic E-state index is -0.589. The second-order valence-electron chi connectivity index (χ2n) is 3.61. The topological polar surface area (TPSA) is 91.2 Å². The van der Waals surface area contributed by atoms with E-state index < -0.39 is 5.97 Å². The molecular formula is C12H13N3O3. The van der Waals surface area contributed by atoms with Crippen LogP contribution >= 0.6 is 0 Å². The minimum Gasteiger partial charge on any atom is -0.460 e. The number of hydrogen-bond acceptors (Lipinski definition) is 6. The third kappa shape index (κ3) is 2.65. The van der Waals surface area contributed by atoms with Gasteiger partial charge in [-0.05, 0) is 23.7 Å². The van der Waals surface area contributed by atoms with Crippen LogP contribution in [0.4, 0.5) is 5.69 Å². The van der Waals surface area contributed by atoms with E-state index in [0.717, 1.165) is 5.56 Å². The van der Waals surface area contributed by atoms with Gasteiger partial charge in [0.15, 0.2) is 0 Å². The summed E-state index contributed by atoms with van der Waals surface area (Å²) in [7, 11) is 0. The standard InChI is InChI=1S/C12H13N3O3/c1-2-17-12(16)11-14-10(18-15-11)7-8-5-3-4-6-9(8)13/h3-6H,2,7,13H2,1H3. The monoisotopic (exact) mass is 247 g/mol. The molecule has 2 aromatic rings. The molecule has 0 unspecified atom stereocenters. The maximum Gasteiger partial charge on any atom is 0.379 e. The molecule has 1 aromatic carbocycles. The number of nitrogens with zero attached hydrogens (tertiary/aromatic N) is 2. The smallest absolute Gasteiger partial charge is 0.379 e. The van der Waals surface area contributed by atoms with Crippen molar-refractivity contribution in [2.75, 3.05) is 12.3 Å². The highest BCUT2D eigenvalue weighted by Crippen LogP contribution is 2.14. The van der Waals surface area contributed by atoms with Crippen LogP contribution in [0, 0.1) is 0 Å². The van der Waals surface area contributed by atoms with Crippen LogP contribution < -0.4 is 5.73 Å². The molecule has 0 aliphatic rings. The van der Waals surface area contributed by atoms with E-state index in [1.54, 1.807) is 13.0 Å². The zero-order valence-corrected chi connectivity index (χ0v) is 9.92. The van der Waals surface area contributed by atoms with Gasteiger partial charge in [0.2, 0.25) is 5.89 Å². The van der Waals surface area contributed by atoms with E-state index >= 15 is 0 Å². The average Bonchev–Trinajstić information content (AvgIpc) is 2.81. The van der Waals surface area contributed by atoms with E-state index in [9.17, 15) is 4.79 Å². The molecule has 0 amide bonds. The second-order valence-corrected chi connectivity index (χ2v) is 3.61. The fourth-order valence-corrected chi connectivity index (χ4v) is 1.46. The van der Waals surface area contributed by atoms with Gasteiger partial charge in [-0.25, -0.2) is 4.79 Å². The molecule has 1 aromatic heterocycles. The SMILES string of the molecule is CCOC(=O)c1noc(Cc2ccccc2N)n1. The lowest BCUT2D eigenvalue weighted by Gasteiger charge is -2.00. The van der Waals surface area contributed by atoms with Crippen molar-refractivity contribution in [1.82, 2.24) is 10.1 Å². The molecule has 0 saturated heterocycles. The first-order valence-corrected chi connectivity index (χ1v) is 5.53. The molecule has 0 saturated carbocycles. The molecule has 94 valence electrons. The van der Waals surface area contributed by atoms with Crippen molar-refractivity contribution in [3.63, 3.8) is 0 Å². The number of rotatable bonds is 4. The molecule has 0 radical (unpaired) electrons. The Hall–Kier alpha value is -2.37. The van der Waals surface area contributed by atoms with Gasteiger partial charge in [0.1, 0.15) is 0 Å². The molecule has 0 atom stereocenters. The van der Waals surface area contributed by atoms with Crippen LogP contribution in [-0.4, -0.2) is 22.7 Å². The van der Waals surface area contributed by atoms with Gasteiger partial charge in [-0.15, -0.1) is 0 Å². The molecule has 1 heterocycles. The number of ether oxygens (including phenoxy) is 1. The Balaban J connectivity index is 2.12. The van der Waals surface area contributed by atoms with Gasteiger partial charge in [-0.1, -0.05) is 18.2 Å². The lowest BCUT2D eigenvalue weighted by atomic mass is 10.1. The first kappa shape index (κ1) is 12.1. The molecule has 0 bridgehead atoms. The Morgan fingerprint density at radius 1 is 1.44 bits per heavy atom. The number of nitrogen functional groups attached to an aromatic ring is 1. The molecule has 6 nitrogen and oxygen atoms in total. The number of nitrogens with two attached hydrogens (primary N) is 1. The van der Waals surface area contributed by atoms with Crippen molar-refractivity contribution in [1.29, 1.82) is 0 Å². The van der Waals surface area contributed by atoms with Crippen LogP contribution in [0.1, 0.15) is 29.0 Å². The molecule has 2 N–H and O–H groups in total. The van der Waals surface area contributed by atoms with Crippen molar-refractivity contribution in [2.45, 2.75) is 13.3 Å². The van der Waals surface area contributed by atoms with Crippen molar-refractivity contribution < 1.29 is 14.1 Å². The molecule has 0 aliphatic heterocycles. The first-order valence-electron chi connectivity index (χ1n) is 5.53. The maximum atomic E-state index is 11.3. The highest BCUT2D eigenvalue weighted by atomic mass is 16.5. The largest absolute Gasteiger partial charge is 0.460 e. The van der Waals surface area contributed by atoms with Crippen molar-refractivity contribution >= 4 is 11.7 Å². The van der Waals surface area contributed by atoms with Gasteiger partial charge in [-0.2, -0.15) is 4.98 Å². The first-order chi connectivity index (χ1) is 8.70. The number of hydrogen-bond donors (Lipinski definition) is 1. The van der Waals surface area contributed by atoms with Crippen LogP contribution in [0.2, 0.25) is 0 Å². The van der Waals surface area contributed by atoms with Gasteiger partial charge >= 0.3 is 5.97 Å². The lowest BCUT2D eigenvalue weighted by molar-refractivity contribution is 0.0508. The predicted molar refractivity (Wildman–Crippen MR) is 63.9 cm³/mol. The number of carbonyl (C=O) groups excluding carboxylic acids is 1. The summed E-state index contributed by atoms with van der Waals surface area (Å²) in [6.45, 7) is 1.98. The summed E-state index contributed by atoms with van der Waals surface area (Å²) < 4.78 is 9.74. The van der Waals surface area contributed by atoms with Gasteiger partial charge in [0, 0.05) is 5.69 Å². The zero-order chi connectivity index (χ0) is 13.0. The van der Waals surface area contributed by atoms with Crippen molar-refractivity contribution in [2.24, 2.45) is 0 Å². The summed E-state index contributed by atoms with van der Waals surface area (Å²) in [6.07, 6.45) is 0.388. The van der Waals surface area contributed by atoms with Crippen molar-refractivity contribution in [3.8, 4) is 0 Å². The number of anilines is 1. The highest BCUT2D eigenvalue weighted by Gasteiger charge is 2.16. The summed E-state index contributed by atoms with van der Waals surface area (Å²) in [4.78, 5) is 15.3. The van der Waals surface area contributed by atoms with Crippen LogP contribution in [0.3, 0.4) is 0 Å². The normalized spacial score (nSPS) is 10.3. The van der Waals surface area contributed by atoms with Gasteiger partial charge in [0.25, 0.3) is 5.82 Å². The Labute approximate surface area is 104 Å². The number of benzene rings is 1. The summed E-state index contributed by atoms with van der Waals surface area (Å²) >= 11 is 0. The number of esters is 1. The quantitative estimate of drug-likeness (QED) is 0.649. The molecule has 18 heavy (non-hydrogen) atoms. The Kier molecular flexibility index (Phi) is 3.57. The van der Waals surface area contributed by atoms with Crippen LogP contribution in [0.5, 0.6) is 0 Å². The van der Waals surface area contributed by atoms with E-state index in [1.807, 2.05) is 18.2 Å². The fraction of sp³-hybridized carbons (Fsp3) is 0.250. The van der Waals surface area contributed by atoms with Gasteiger partial charge < -0.3 is 15.0 Å². The molecule has 0 fully saturated rings. The molecule has 0 aliphatic carbocycles. The van der Waals surface area contributed by atoms with E-state index in [1.165, 1.54) is 0 Å². The Morgan fingerprint density at radius 2 is 2.22 bits per heavy atom. The summed E-state index contributed by atoms with van der Waals surface area (Å²) in [5.41, 5.74) is 7.32. The summed E-state index contributed by atoms with van der Waals surface area (Å²) in [5, 5.41) is 3.56. The fourth-order valence-electron chi connectivity index (χ4n) is 1.46. The van der Waals surface area contributed by atoms with Gasteiger partial charge in [-0.3, -0.25) is 0 Å². The molecule has 2 rings (SSSR count). The third-order valence-electron chi connectivity index (χ3n) is 2.32. The highest BCUT2D eigenvalue weighted by molar-refractivity contribution is 5.84. The predicted octanol–water partition coefficient (Wildman–Crippen LogP) is 1.42. The van der Waals surface area contributed by atoms with Crippen LogP contribution in [-0.2, 0) is 11.2 Å². The molecule has 6 heteroatoms. The minimum absolute atomic E-state index is 0.0682. The number of aromatic nitrogens is 2. The zero-order valence-electron chi connectivity index (χ0n) is 9.92. The van der Waals surface area contributed by atoms with E-state index in [2.05, 4.69) is 10.1 Å². The molecular weight excluding hydrogens is 234 g/mol. The maximum absolute atomic E-state index is 11.3. The second kappa shape index (κ2) is 5.31. The van der Waals surface area contributed by atoms with E-state index in [0.29, 0.717) is 18.0 Å². The van der Waals surface area contributed by atoms with E-state index in [4.69, 9.17) is 15.0 Å². The Bertz CT molecular complexity index is 551. The number of carbonyl (C=O) groups is 1. The lowest BCUT2D eigenvalue weighted by Crippen LogP contribution is -2.06. The van der Waals surface area contributed by atoms with Gasteiger partial charge in [0.05, 0.1) is 13.0 Å². The average molecular weight is 247 g/mol. The third-order valence-corrected chi connectivity index (χ3v) is 2.32. The summed E-state index contributed by atoms with van der Waals surface area (Å²) in [5.74, 6) is -0.328.